The quantitative estimate of drug-likeness (QED) is 0.336. The molecule has 7 heteroatoms. The number of hydrogen-bond donors (Lipinski definition) is 1. The largest absolute Gasteiger partial charge is 0.325 e. The Hall–Kier alpha value is -3.09. The van der Waals surface area contributed by atoms with E-state index in [1.54, 1.807) is 0 Å². The van der Waals surface area contributed by atoms with Crippen molar-refractivity contribution in [1.82, 2.24) is 14.8 Å². The van der Waals surface area contributed by atoms with E-state index >= 15 is 0 Å². The number of amides is 1. The Morgan fingerprint density at radius 1 is 0.938 bits per heavy atom. The molecule has 0 unspecified atom stereocenters. The van der Waals surface area contributed by atoms with Gasteiger partial charge in [-0.3, -0.25) is 9.36 Å². The molecular weight excluding hydrogens is 440 g/mol. The van der Waals surface area contributed by atoms with E-state index in [0.29, 0.717) is 16.6 Å². The Labute approximate surface area is 196 Å². The second-order valence-electron chi connectivity index (χ2n) is 7.26. The molecular formula is C25H23ClN4OS. The summed E-state index contributed by atoms with van der Waals surface area (Å²) in [6.07, 6.45) is 1.60. The molecule has 4 rings (SSSR count). The summed E-state index contributed by atoms with van der Waals surface area (Å²) in [7, 11) is 0. The number of thioether (sulfide) groups is 1. The second-order valence-corrected chi connectivity index (χ2v) is 8.64. The maximum absolute atomic E-state index is 12.5. The standard InChI is InChI=1S/C25H23ClN4OS/c1-2-18-8-12-21(13-9-18)27-24(31)17-32-25-29-28-23(16-19-6-4-3-5-7-19)30(25)22-14-10-20(26)11-15-22/h3-15H,2,16-17H2,1H3,(H,27,31). The zero-order chi connectivity index (χ0) is 22.3. The molecule has 0 atom stereocenters. The second kappa shape index (κ2) is 10.5. The Morgan fingerprint density at radius 3 is 2.34 bits per heavy atom. The maximum Gasteiger partial charge on any atom is 0.234 e. The fourth-order valence-electron chi connectivity index (χ4n) is 3.29. The van der Waals surface area contributed by atoms with Crippen molar-refractivity contribution >= 4 is 35.0 Å². The van der Waals surface area contributed by atoms with E-state index in [4.69, 9.17) is 11.6 Å². The van der Waals surface area contributed by atoms with Crippen molar-refractivity contribution in [2.24, 2.45) is 0 Å². The van der Waals surface area contributed by atoms with E-state index in [2.05, 4.69) is 34.6 Å². The fraction of sp³-hybridized carbons (Fsp3) is 0.160. The van der Waals surface area contributed by atoms with Crippen LogP contribution in [0.15, 0.2) is 84.0 Å². The number of hydrogen-bond acceptors (Lipinski definition) is 4. The SMILES string of the molecule is CCc1ccc(NC(=O)CSc2nnc(Cc3ccccc3)n2-c2ccc(Cl)cc2)cc1. The number of aromatic nitrogens is 3. The summed E-state index contributed by atoms with van der Waals surface area (Å²) in [5, 5.41) is 13.1. The van der Waals surface area contributed by atoms with Crippen molar-refractivity contribution in [3.63, 3.8) is 0 Å². The lowest BCUT2D eigenvalue weighted by Crippen LogP contribution is -2.14. The highest BCUT2D eigenvalue weighted by Gasteiger charge is 2.16. The predicted molar refractivity (Wildman–Crippen MR) is 131 cm³/mol. The zero-order valence-corrected chi connectivity index (χ0v) is 19.2. The van der Waals surface area contributed by atoms with E-state index in [-0.39, 0.29) is 11.7 Å². The van der Waals surface area contributed by atoms with Gasteiger partial charge in [0.1, 0.15) is 5.82 Å². The molecule has 0 fully saturated rings. The molecule has 1 amide bonds. The normalized spacial score (nSPS) is 10.8. The molecule has 0 aliphatic rings. The van der Waals surface area contributed by atoms with Gasteiger partial charge in [-0.15, -0.1) is 10.2 Å². The number of carbonyl (C=O) groups excluding carboxylic acids is 1. The minimum atomic E-state index is -0.0884. The Morgan fingerprint density at radius 2 is 1.66 bits per heavy atom. The van der Waals surface area contributed by atoms with Crippen molar-refractivity contribution in [3.8, 4) is 5.69 Å². The molecule has 0 aliphatic carbocycles. The third kappa shape index (κ3) is 5.58. The molecule has 1 N–H and O–H groups in total. The van der Waals surface area contributed by atoms with E-state index in [0.717, 1.165) is 29.2 Å². The fourth-order valence-corrected chi connectivity index (χ4v) is 4.18. The van der Waals surface area contributed by atoms with Gasteiger partial charge in [-0.2, -0.15) is 0 Å². The first kappa shape index (κ1) is 22.1. The highest BCUT2D eigenvalue weighted by molar-refractivity contribution is 7.99. The number of aryl methyl sites for hydroxylation is 1. The van der Waals surface area contributed by atoms with Crippen molar-refractivity contribution in [3.05, 3.63) is 101 Å². The van der Waals surface area contributed by atoms with Gasteiger partial charge in [0.2, 0.25) is 5.91 Å². The van der Waals surface area contributed by atoms with Crippen LogP contribution in [0.1, 0.15) is 23.9 Å². The molecule has 0 radical (unpaired) electrons. The number of nitrogens with one attached hydrogen (secondary N) is 1. The topological polar surface area (TPSA) is 59.8 Å². The van der Waals surface area contributed by atoms with Crippen molar-refractivity contribution < 1.29 is 4.79 Å². The molecule has 32 heavy (non-hydrogen) atoms. The van der Waals surface area contributed by atoms with Crippen LogP contribution in [-0.4, -0.2) is 26.4 Å². The van der Waals surface area contributed by atoms with Crippen LogP contribution in [0.3, 0.4) is 0 Å². The maximum atomic E-state index is 12.5. The van der Waals surface area contributed by atoms with Gasteiger partial charge < -0.3 is 5.32 Å². The first-order valence-electron chi connectivity index (χ1n) is 10.4. The van der Waals surface area contributed by atoms with Crippen LogP contribution in [0, 0.1) is 0 Å². The number of nitrogens with zero attached hydrogens (tertiary/aromatic N) is 3. The van der Waals surface area contributed by atoms with Gasteiger partial charge in [-0.25, -0.2) is 0 Å². The molecule has 3 aromatic carbocycles. The third-order valence-corrected chi connectivity index (χ3v) is 6.15. The molecule has 1 heterocycles. The molecule has 4 aromatic rings. The van der Waals surface area contributed by atoms with E-state index in [1.165, 1.54) is 17.3 Å². The lowest BCUT2D eigenvalue weighted by atomic mass is 10.1. The van der Waals surface area contributed by atoms with Gasteiger partial charge in [0.15, 0.2) is 5.16 Å². The summed E-state index contributed by atoms with van der Waals surface area (Å²) in [4.78, 5) is 12.5. The third-order valence-electron chi connectivity index (χ3n) is 4.97. The Kier molecular flexibility index (Phi) is 7.24. The van der Waals surface area contributed by atoms with Crippen molar-refractivity contribution in [2.75, 3.05) is 11.1 Å². The van der Waals surface area contributed by atoms with Gasteiger partial charge in [0, 0.05) is 22.8 Å². The van der Waals surface area contributed by atoms with E-state index in [9.17, 15) is 4.79 Å². The minimum absolute atomic E-state index is 0.0884. The summed E-state index contributed by atoms with van der Waals surface area (Å²) >= 11 is 7.44. The average Bonchev–Trinajstić information content (AvgIpc) is 3.21. The summed E-state index contributed by atoms with van der Waals surface area (Å²) in [5.74, 6) is 0.943. The van der Waals surface area contributed by atoms with Crippen molar-refractivity contribution in [1.29, 1.82) is 0 Å². The molecule has 0 saturated heterocycles. The molecule has 0 spiro atoms. The lowest BCUT2D eigenvalue weighted by Gasteiger charge is -2.11. The number of benzene rings is 3. The predicted octanol–water partition coefficient (Wildman–Crippen LogP) is 5.80. The summed E-state index contributed by atoms with van der Waals surface area (Å²) in [6, 6.07) is 25.6. The minimum Gasteiger partial charge on any atom is -0.325 e. The van der Waals surface area contributed by atoms with Gasteiger partial charge in [-0.1, -0.05) is 72.8 Å². The van der Waals surface area contributed by atoms with Gasteiger partial charge >= 0.3 is 0 Å². The summed E-state index contributed by atoms with van der Waals surface area (Å²) in [6.45, 7) is 2.10. The molecule has 0 aliphatic heterocycles. The molecule has 162 valence electrons. The van der Waals surface area contributed by atoms with Gasteiger partial charge in [-0.05, 0) is 53.9 Å². The van der Waals surface area contributed by atoms with E-state index in [1.807, 2.05) is 71.3 Å². The van der Waals surface area contributed by atoms with Crippen LogP contribution in [0.2, 0.25) is 5.02 Å². The monoisotopic (exact) mass is 462 g/mol. The molecule has 1 aromatic heterocycles. The van der Waals surface area contributed by atoms with Crippen LogP contribution >= 0.6 is 23.4 Å². The van der Waals surface area contributed by atoms with Crippen LogP contribution < -0.4 is 5.32 Å². The Balaban J connectivity index is 1.52. The molecule has 5 nitrogen and oxygen atoms in total. The highest BCUT2D eigenvalue weighted by atomic mass is 35.5. The zero-order valence-electron chi connectivity index (χ0n) is 17.7. The van der Waals surface area contributed by atoms with Gasteiger partial charge in [0.05, 0.1) is 5.75 Å². The van der Waals surface area contributed by atoms with Crippen LogP contribution in [0.4, 0.5) is 5.69 Å². The first-order valence-corrected chi connectivity index (χ1v) is 11.7. The lowest BCUT2D eigenvalue weighted by molar-refractivity contribution is -0.113. The van der Waals surface area contributed by atoms with Crippen molar-refractivity contribution in [2.45, 2.75) is 24.9 Å². The summed E-state index contributed by atoms with van der Waals surface area (Å²) < 4.78 is 1.98. The van der Waals surface area contributed by atoms with Crippen LogP contribution in [0.5, 0.6) is 0 Å². The van der Waals surface area contributed by atoms with Crippen LogP contribution in [0.25, 0.3) is 5.69 Å². The smallest absolute Gasteiger partial charge is 0.234 e. The van der Waals surface area contributed by atoms with Crippen LogP contribution in [-0.2, 0) is 17.6 Å². The molecule has 0 saturated carbocycles. The number of halogens is 1. The van der Waals surface area contributed by atoms with Gasteiger partial charge in [0.25, 0.3) is 0 Å². The number of carbonyl (C=O) groups is 1. The highest BCUT2D eigenvalue weighted by Crippen LogP contribution is 2.25. The average molecular weight is 463 g/mol. The first-order chi connectivity index (χ1) is 15.6. The number of rotatable bonds is 8. The number of anilines is 1. The molecule has 0 bridgehead atoms. The summed E-state index contributed by atoms with van der Waals surface area (Å²) in [5.41, 5.74) is 4.07. The van der Waals surface area contributed by atoms with E-state index < -0.39 is 0 Å². The Bertz CT molecular complexity index is 1180.